The van der Waals surface area contributed by atoms with E-state index < -0.39 is 26.6 Å². The van der Waals surface area contributed by atoms with E-state index in [4.69, 9.17) is 15.6 Å². The third-order valence-corrected chi connectivity index (χ3v) is 3.30. The molecule has 1 rings (SSSR count). The van der Waals surface area contributed by atoms with Crippen LogP contribution in [0.25, 0.3) is 0 Å². The molecule has 10 heteroatoms. The number of aliphatic carboxylic acids is 1. The van der Waals surface area contributed by atoms with Gasteiger partial charge in [-0.3, -0.25) is 14.9 Å². The minimum atomic E-state index is -3.87. The standard InChI is InChI=1S/C8H11N3O4S.C2H4O2/c9-5-6-10-16(14,15)8-4-2-1-3-7(8)11(12)13;1-2(3)4/h1-4,10H,5-6,9H2;1H3,(H,3,4). The third-order valence-electron chi connectivity index (χ3n) is 1.79. The number of hydrogen-bond acceptors (Lipinski definition) is 6. The van der Waals surface area contributed by atoms with Crippen LogP contribution in [0.3, 0.4) is 0 Å². The zero-order valence-corrected chi connectivity index (χ0v) is 11.5. The van der Waals surface area contributed by atoms with Crippen LogP contribution in [0.2, 0.25) is 0 Å². The molecule has 20 heavy (non-hydrogen) atoms. The number of hydrogen-bond donors (Lipinski definition) is 3. The van der Waals surface area contributed by atoms with Crippen LogP contribution in [0.4, 0.5) is 5.69 Å². The van der Waals surface area contributed by atoms with Gasteiger partial charge in [-0.05, 0) is 6.07 Å². The maximum Gasteiger partial charge on any atom is 0.300 e. The lowest BCUT2D eigenvalue weighted by Crippen LogP contribution is -2.29. The number of nitro benzene ring substituents is 1. The van der Waals surface area contributed by atoms with Gasteiger partial charge in [-0.25, -0.2) is 13.1 Å². The molecule has 0 saturated carbocycles. The highest BCUT2D eigenvalue weighted by Crippen LogP contribution is 2.22. The first-order valence-corrected chi connectivity index (χ1v) is 6.83. The molecule has 0 fully saturated rings. The van der Waals surface area contributed by atoms with E-state index in [-0.39, 0.29) is 18.0 Å². The first-order chi connectivity index (χ1) is 9.22. The summed E-state index contributed by atoms with van der Waals surface area (Å²) in [7, 11) is -3.87. The van der Waals surface area contributed by atoms with E-state index in [0.717, 1.165) is 13.0 Å². The zero-order valence-electron chi connectivity index (χ0n) is 10.6. The van der Waals surface area contributed by atoms with Gasteiger partial charge < -0.3 is 10.8 Å². The van der Waals surface area contributed by atoms with Crippen LogP contribution in [0.5, 0.6) is 0 Å². The monoisotopic (exact) mass is 305 g/mol. The molecular formula is C10H15N3O6S. The Labute approximate surface area is 115 Å². The van der Waals surface area contributed by atoms with Crippen molar-refractivity contribution >= 4 is 21.7 Å². The molecule has 0 heterocycles. The van der Waals surface area contributed by atoms with Crippen LogP contribution >= 0.6 is 0 Å². The summed E-state index contributed by atoms with van der Waals surface area (Å²) in [6.07, 6.45) is 0. The molecule has 9 nitrogen and oxygen atoms in total. The zero-order chi connectivity index (χ0) is 15.8. The number of carboxylic acids is 1. The Hall–Kier alpha value is -2.04. The predicted molar refractivity (Wildman–Crippen MR) is 70.6 cm³/mol. The minimum absolute atomic E-state index is 0.0361. The Morgan fingerprint density at radius 1 is 1.45 bits per heavy atom. The highest BCUT2D eigenvalue weighted by Gasteiger charge is 2.24. The Morgan fingerprint density at radius 2 is 1.95 bits per heavy atom. The number of nitro groups is 1. The molecule has 112 valence electrons. The maximum absolute atomic E-state index is 11.6. The topological polar surface area (TPSA) is 153 Å². The molecule has 0 spiro atoms. The van der Waals surface area contributed by atoms with Crippen LogP contribution in [0.1, 0.15) is 6.92 Å². The van der Waals surface area contributed by atoms with Gasteiger partial charge in [0.05, 0.1) is 4.92 Å². The molecule has 0 aliphatic heterocycles. The molecule has 0 bridgehead atoms. The van der Waals surface area contributed by atoms with Crippen molar-refractivity contribution < 1.29 is 23.2 Å². The largest absolute Gasteiger partial charge is 0.481 e. The van der Waals surface area contributed by atoms with E-state index in [1.54, 1.807) is 0 Å². The lowest BCUT2D eigenvalue weighted by molar-refractivity contribution is -0.387. The molecule has 0 amide bonds. The molecule has 0 aliphatic carbocycles. The van der Waals surface area contributed by atoms with Crippen LogP contribution in [-0.2, 0) is 14.8 Å². The molecule has 0 aliphatic rings. The van der Waals surface area contributed by atoms with Crippen molar-refractivity contribution in [2.24, 2.45) is 5.73 Å². The average Bonchev–Trinajstić information content (AvgIpc) is 2.35. The highest BCUT2D eigenvalue weighted by atomic mass is 32.2. The van der Waals surface area contributed by atoms with Crippen LogP contribution in [-0.4, -0.2) is 37.5 Å². The van der Waals surface area contributed by atoms with Gasteiger partial charge in [0.15, 0.2) is 4.90 Å². The third kappa shape index (κ3) is 6.22. The highest BCUT2D eigenvalue weighted by molar-refractivity contribution is 7.89. The predicted octanol–water partition coefficient (Wildman–Crippen LogP) is -0.0773. The van der Waals surface area contributed by atoms with Crippen molar-refractivity contribution in [2.75, 3.05) is 13.1 Å². The normalized spacial score (nSPS) is 10.3. The van der Waals surface area contributed by atoms with Gasteiger partial charge in [-0.15, -0.1) is 0 Å². The summed E-state index contributed by atoms with van der Waals surface area (Å²) >= 11 is 0. The fourth-order valence-corrected chi connectivity index (χ4v) is 2.32. The first-order valence-electron chi connectivity index (χ1n) is 5.35. The smallest absolute Gasteiger partial charge is 0.300 e. The molecule has 1 aromatic carbocycles. The van der Waals surface area contributed by atoms with Gasteiger partial charge in [0.25, 0.3) is 11.7 Å². The number of nitrogens with one attached hydrogen (secondary N) is 1. The number of nitrogens with zero attached hydrogens (tertiary/aromatic N) is 1. The summed E-state index contributed by atoms with van der Waals surface area (Å²) in [5, 5.41) is 18.0. The number of carboxylic acid groups (broad SMARTS) is 1. The lowest BCUT2D eigenvalue weighted by Gasteiger charge is -2.05. The van der Waals surface area contributed by atoms with Crippen molar-refractivity contribution in [3.63, 3.8) is 0 Å². The van der Waals surface area contributed by atoms with Gasteiger partial charge >= 0.3 is 0 Å². The summed E-state index contributed by atoms with van der Waals surface area (Å²) in [5.74, 6) is -0.833. The summed E-state index contributed by atoms with van der Waals surface area (Å²) in [6, 6.07) is 5.14. The van der Waals surface area contributed by atoms with E-state index in [0.29, 0.717) is 0 Å². The number of nitrogens with two attached hydrogens (primary N) is 1. The average molecular weight is 305 g/mol. The van der Waals surface area contributed by atoms with Gasteiger partial charge in [0, 0.05) is 26.1 Å². The van der Waals surface area contributed by atoms with Gasteiger partial charge in [0.1, 0.15) is 0 Å². The Balaban J connectivity index is 0.000000796. The molecule has 0 atom stereocenters. The molecular weight excluding hydrogens is 290 g/mol. The summed E-state index contributed by atoms with van der Waals surface area (Å²) < 4.78 is 25.5. The number of rotatable bonds is 5. The van der Waals surface area contributed by atoms with Crippen LogP contribution in [0.15, 0.2) is 29.2 Å². The fraction of sp³-hybridized carbons (Fsp3) is 0.300. The summed E-state index contributed by atoms with van der Waals surface area (Å²) in [5.41, 5.74) is 4.70. The molecule has 1 aromatic rings. The number of para-hydroxylation sites is 1. The fourth-order valence-electron chi connectivity index (χ4n) is 1.11. The van der Waals surface area contributed by atoms with E-state index in [1.165, 1.54) is 18.2 Å². The molecule has 4 N–H and O–H groups in total. The van der Waals surface area contributed by atoms with Crippen LogP contribution < -0.4 is 10.5 Å². The van der Waals surface area contributed by atoms with Crippen molar-refractivity contribution in [3.05, 3.63) is 34.4 Å². The van der Waals surface area contributed by atoms with Crippen molar-refractivity contribution in [2.45, 2.75) is 11.8 Å². The van der Waals surface area contributed by atoms with Gasteiger partial charge in [-0.1, -0.05) is 12.1 Å². The molecule has 0 unspecified atom stereocenters. The number of benzene rings is 1. The molecule has 0 radical (unpaired) electrons. The lowest BCUT2D eigenvalue weighted by atomic mass is 10.3. The Kier molecular flexibility index (Phi) is 7.36. The second-order valence-corrected chi connectivity index (χ2v) is 5.17. The van der Waals surface area contributed by atoms with E-state index >= 15 is 0 Å². The van der Waals surface area contributed by atoms with E-state index in [9.17, 15) is 18.5 Å². The van der Waals surface area contributed by atoms with Gasteiger partial charge in [0.2, 0.25) is 10.0 Å². The summed E-state index contributed by atoms with van der Waals surface area (Å²) in [4.78, 5) is 18.5. The quantitative estimate of drug-likeness (QED) is 0.508. The minimum Gasteiger partial charge on any atom is -0.481 e. The Bertz CT molecular complexity index is 568. The van der Waals surface area contributed by atoms with Crippen molar-refractivity contribution in [3.8, 4) is 0 Å². The molecule has 0 aromatic heterocycles. The number of carbonyl (C=O) groups is 1. The van der Waals surface area contributed by atoms with Crippen molar-refractivity contribution in [1.29, 1.82) is 0 Å². The maximum atomic E-state index is 11.6. The number of sulfonamides is 1. The second-order valence-electron chi connectivity index (χ2n) is 3.43. The second kappa shape index (κ2) is 8.19. The first kappa shape index (κ1) is 18.0. The van der Waals surface area contributed by atoms with Crippen molar-refractivity contribution in [1.82, 2.24) is 4.72 Å². The Morgan fingerprint density at radius 3 is 2.40 bits per heavy atom. The van der Waals surface area contributed by atoms with E-state index in [1.807, 2.05) is 0 Å². The SMILES string of the molecule is CC(=O)O.NCCNS(=O)(=O)c1ccccc1[N+](=O)[O-]. The molecule has 0 saturated heterocycles. The van der Waals surface area contributed by atoms with Crippen LogP contribution in [0, 0.1) is 10.1 Å². The van der Waals surface area contributed by atoms with E-state index in [2.05, 4.69) is 4.72 Å². The summed E-state index contributed by atoms with van der Waals surface area (Å²) in [6.45, 7) is 1.24. The van der Waals surface area contributed by atoms with Gasteiger partial charge in [-0.2, -0.15) is 0 Å².